The summed E-state index contributed by atoms with van der Waals surface area (Å²) in [5, 5.41) is 17.5. The van der Waals surface area contributed by atoms with Gasteiger partial charge >= 0.3 is 11.9 Å². The quantitative estimate of drug-likeness (QED) is 0.742. The monoisotopic (exact) mass is 198 g/mol. The molecule has 0 aromatic carbocycles. The summed E-state index contributed by atoms with van der Waals surface area (Å²) in [5.41, 5.74) is -0.672. The van der Waals surface area contributed by atoms with Gasteiger partial charge in [0.2, 0.25) is 0 Å². The van der Waals surface area contributed by atoms with E-state index in [9.17, 15) is 9.59 Å². The van der Waals surface area contributed by atoms with Crippen LogP contribution in [0.5, 0.6) is 0 Å². The van der Waals surface area contributed by atoms with Crippen LogP contribution in [0.25, 0.3) is 0 Å². The van der Waals surface area contributed by atoms with E-state index in [4.69, 9.17) is 10.2 Å². The van der Waals surface area contributed by atoms with Gasteiger partial charge in [0.05, 0.1) is 0 Å². The summed E-state index contributed by atoms with van der Waals surface area (Å²) < 4.78 is 1.35. The number of carboxylic acid groups (broad SMARTS) is 2. The maximum absolute atomic E-state index is 10.8. The molecule has 6 heteroatoms. The van der Waals surface area contributed by atoms with Gasteiger partial charge in [-0.1, -0.05) is 0 Å². The second kappa shape index (κ2) is 3.49. The Morgan fingerprint density at radius 2 is 1.93 bits per heavy atom. The molecular formula is C8H10N2O4. The smallest absolute Gasteiger partial charge is 0.357 e. The molecule has 0 amide bonds. The summed E-state index contributed by atoms with van der Waals surface area (Å²) in [4.78, 5) is 25.1. The number of hydrogen-bond donors (Lipinski definition) is 2. The van der Waals surface area contributed by atoms with Crippen molar-refractivity contribution in [2.24, 2.45) is 0 Å². The number of rotatable bonds is 3. The minimum Gasteiger partial charge on any atom is -0.476 e. The van der Waals surface area contributed by atoms with Crippen LogP contribution in [0.4, 0.5) is 0 Å². The largest absolute Gasteiger partial charge is 0.476 e. The Balaban J connectivity index is 3.45. The standard InChI is InChI=1S/C8H10N2O4/c1-3-10-4(2)9-5(7(11)12)6(10)8(13)14/h3H2,1-2H3,(H,11,12)(H,13,14). The van der Waals surface area contributed by atoms with E-state index in [1.807, 2.05) is 0 Å². The van der Waals surface area contributed by atoms with Crippen molar-refractivity contribution in [3.05, 3.63) is 17.2 Å². The van der Waals surface area contributed by atoms with Crippen LogP contribution in [-0.2, 0) is 6.54 Å². The van der Waals surface area contributed by atoms with Crippen LogP contribution in [0.2, 0.25) is 0 Å². The van der Waals surface area contributed by atoms with E-state index in [0.717, 1.165) is 0 Å². The van der Waals surface area contributed by atoms with Crippen LogP contribution < -0.4 is 0 Å². The van der Waals surface area contributed by atoms with Crippen molar-refractivity contribution in [1.29, 1.82) is 0 Å². The maximum Gasteiger partial charge on any atom is 0.357 e. The van der Waals surface area contributed by atoms with Crippen molar-refractivity contribution < 1.29 is 19.8 Å². The molecule has 0 fully saturated rings. The Kier molecular flexibility index (Phi) is 2.55. The van der Waals surface area contributed by atoms with Crippen molar-refractivity contribution in [1.82, 2.24) is 9.55 Å². The van der Waals surface area contributed by atoms with Gasteiger partial charge in [0.1, 0.15) is 5.82 Å². The zero-order valence-electron chi connectivity index (χ0n) is 7.81. The first-order valence-corrected chi connectivity index (χ1v) is 4.02. The summed E-state index contributed by atoms with van der Waals surface area (Å²) in [6, 6.07) is 0. The summed E-state index contributed by atoms with van der Waals surface area (Å²) in [5.74, 6) is -2.20. The molecular weight excluding hydrogens is 188 g/mol. The average molecular weight is 198 g/mol. The van der Waals surface area contributed by atoms with Crippen LogP contribution in [0.1, 0.15) is 33.7 Å². The Morgan fingerprint density at radius 1 is 1.36 bits per heavy atom. The molecule has 0 unspecified atom stereocenters. The molecule has 1 heterocycles. The molecule has 6 nitrogen and oxygen atoms in total. The second-order valence-electron chi connectivity index (χ2n) is 2.71. The van der Waals surface area contributed by atoms with Gasteiger partial charge in [-0.15, -0.1) is 0 Å². The van der Waals surface area contributed by atoms with Gasteiger partial charge in [-0.3, -0.25) is 0 Å². The number of carbonyl (C=O) groups is 2. The molecule has 0 bridgehead atoms. The van der Waals surface area contributed by atoms with Gasteiger partial charge in [0, 0.05) is 6.54 Å². The lowest BCUT2D eigenvalue weighted by molar-refractivity contribution is 0.0640. The van der Waals surface area contributed by atoms with Crippen LogP contribution in [0.15, 0.2) is 0 Å². The van der Waals surface area contributed by atoms with Gasteiger partial charge in [0.25, 0.3) is 0 Å². The number of nitrogens with zero attached hydrogens (tertiary/aromatic N) is 2. The highest BCUT2D eigenvalue weighted by Gasteiger charge is 2.24. The lowest BCUT2D eigenvalue weighted by atomic mass is 10.3. The van der Waals surface area contributed by atoms with E-state index in [1.54, 1.807) is 13.8 Å². The first-order chi connectivity index (χ1) is 6.49. The normalized spacial score (nSPS) is 10.1. The number of imidazole rings is 1. The van der Waals surface area contributed by atoms with Crippen LogP contribution >= 0.6 is 0 Å². The van der Waals surface area contributed by atoms with Crippen LogP contribution in [0.3, 0.4) is 0 Å². The minimum atomic E-state index is -1.32. The van der Waals surface area contributed by atoms with Crippen molar-refractivity contribution in [2.75, 3.05) is 0 Å². The van der Waals surface area contributed by atoms with E-state index in [2.05, 4.69) is 4.98 Å². The third-order valence-electron chi connectivity index (χ3n) is 1.88. The predicted molar refractivity (Wildman–Crippen MR) is 46.6 cm³/mol. The van der Waals surface area contributed by atoms with E-state index in [1.165, 1.54) is 4.57 Å². The molecule has 0 aliphatic rings. The molecule has 0 aliphatic heterocycles. The van der Waals surface area contributed by atoms with Crippen molar-refractivity contribution >= 4 is 11.9 Å². The summed E-state index contributed by atoms with van der Waals surface area (Å²) in [6.07, 6.45) is 0. The summed E-state index contributed by atoms with van der Waals surface area (Å²) in [7, 11) is 0. The lowest BCUT2D eigenvalue weighted by Crippen LogP contribution is -2.12. The first kappa shape index (κ1) is 10.2. The van der Waals surface area contributed by atoms with Gasteiger partial charge in [-0.05, 0) is 13.8 Å². The number of aromatic nitrogens is 2. The Hall–Kier alpha value is -1.85. The molecule has 2 N–H and O–H groups in total. The number of aryl methyl sites for hydroxylation is 1. The summed E-state index contributed by atoms with van der Waals surface area (Å²) >= 11 is 0. The van der Waals surface area contributed by atoms with E-state index in [-0.39, 0.29) is 5.69 Å². The first-order valence-electron chi connectivity index (χ1n) is 4.02. The van der Waals surface area contributed by atoms with Crippen molar-refractivity contribution in [3.8, 4) is 0 Å². The second-order valence-corrected chi connectivity index (χ2v) is 2.71. The van der Waals surface area contributed by atoms with Gasteiger partial charge in [0.15, 0.2) is 11.4 Å². The number of hydrogen-bond acceptors (Lipinski definition) is 3. The van der Waals surface area contributed by atoms with Crippen LogP contribution in [0, 0.1) is 6.92 Å². The Labute approximate surface area is 79.8 Å². The fourth-order valence-electron chi connectivity index (χ4n) is 1.32. The Morgan fingerprint density at radius 3 is 2.29 bits per heavy atom. The SMILES string of the molecule is CCn1c(C)nc(C(=O)O)c1C(=O)O. The number of carboxylic acids is 2. The molecule has 76 valence electrons. The molecule has 0 radical (unpaired) electrons. The highest BCUT2D eigenvalue weighted by atomic mass is 16.4. The van der Waals surface area contributed by atoms with Gasteiger partial charge in [-0.25, -0.2) is 14.6 Å². The average Bonchev–Trinajstić information content (AvgIpc) is 2.42. The fraction of sp³-hybridized carbons (Fsp3) is 0.375. The van der Waals surface area contributed by atoms with E-state index >= 15 is 0 Å². The minimum absolute atomic E-state index is 0.266. The molecule has 0 atom stereocenters. The van der Waals surface area contributed by atoms with E-state index in [0.29, 0.717) is 12.4 Å². The highest BCUT2D eigenvalue weighted by molar-refractivity contribution is 5.99. The van der Waals surface area contributed by atoms with Gasteiger partial charge in [-0.2, -0.15) is 0 Å². The third kappa shape index (κ3) is 1.46. The summed E-state index contributed by atoms with van der Waals surface area (Å²) in [6.45, 7) is 3.68. The topological polar surface area (TPSA) is 92.4 Å². The molecule has 0 aliphatic carbocycles. The zero-order chi connectivity index (χ0) is 10.9. The zero-order valence-corrected chi connectivity index (χ0v) is 7.81. The van der Waals surface area contributed by atoms with Gasteiger partial charge < -0.3 is 14.8 Å². The third-order valence-corrected chi connectivity index (χ3v) is 1.88. The molecule has 1 aromatic rings. The highest BCUT2D eigenvalue weighted by Crippen LogP contribution is 2.11. The molecule has 14 heavy (non-hydrogen) atoms. The van der Waals surface area contributed by atoms with Crippen molar-refractivity contribution in [2.45, 2.75) is 20.4 Å². The Bertz CT molecular complexity index is 394. The lowest BCUT2D eigenvalue weighted by Gasteiger charge is -2.02. The molecule has 0 spiro atoms. The molecule has 1 aromatic heterocycles. The van der Waals surface area contributed by atoms with Crippen LogP contribution in [-0.4, -0.2) is 31.7 Å². The molecule has 0 saturated carbocycles. The van der Waals surface area contributed by atoms with E-state index < -0.39 is 17.6 Å². The van der Waals surface area contributed by atoms with Crippen molar-refractivity contribution in [3.63, 3.8) is 0 Å². The maximum atomic E-state index is 10.8. The fourth-order valence-corrected chi connectivity index (χ4v) is 1.32. The molecule has 1 rings (SSSR count). The molecule has 0 saturated heterocycles. The predicted octanol–water partition coefficient (Wildman–Crippen LogP) is 0.608. The number of aromatic carboxylic acids is 2.